The van der Waals surface area contributed by atoms with Crippen molar-refractivity contribution in [1.29, 1.82) is 0 Å². The van der Waals surface area contributed by atoms with Gasteiger partial charge in [0, 0.05) is 37.9 Å². The minimum Gasteiger partial charge on any atom is -0.450 e. The lowest BCUT2D eigenvalue weighted by atomic mass is 10.2. The number of ether oxygens (including phenoxy) is 1. The normalized spacial score (nSPS) is 15.1. The van der Waals surface area contributed by atoms with Gasteiger partial charge in [0.25, 0.3) is 0 Å². The van der Waals surface area contributed by atoms with Crippen molar-refractivity contribution >= 4 is 18.2 Å². The third-order valence-electron chi connectivity index (χ3n) is 3.31. The number of aryl methyl sites for hydroxylation is 1. The van der Waals surface area contributed by atoms with Crippen LogP contribution in [-0.2, 0) is 4.74 Å². The number of anilines is 1. The summed E-state index contributed by atoms with van der Waals surface area (Å²) in [5.41, 5.74) is 1.55. The highest BCUT2D eigenvalue weighted by molar-refractivity contribution is 5.75. The van der Waals surface area contributed by atoms with E-state index in [1.165, 1.54) is 0 Å². The lowest BCUT2D eigenvalue weighted by Gasteiger charge is -2.35. The van der Waals surface area contributed by atoms with E-state index in [1.807, 2.05) is 13.0 Å². The largest absolute Gasteiger partial charge is 0.450 e. The molecule has 1 fully saturated rings. The Morgan fingerprint density at radius 3 is 2.65 bits per heavy atom. The Morgan fingerprint density at radius 2 is 2.10 bits per heavy atom. The summed E-state index contributed by atoms with van der Waals surface area (Å²) in [6.07, 6.45) is 2.11. The highest BCUT2D eigenvalue weighted by atomic mass is 16.6. The summed E-state index contributed by atoms with van der Waals surface area (Å²) in [6.45, 7) is 6.81. The van der Waals surface area contributed by atoms with E-state index in [9.17, 15) is 9.59 Å². The summed E-state index contributed by atoms with van der Waals surface area (Å²) in [5, 5.41) is 0. The van der Waals surface area contributed by atoms with Gasteiger partial charge >= 0.3 is 6.09 Å². The molecule has 6 nitrogen and oxygen atoms in total. The number of piperazine rings is 1. The average Bonchev–Trinajstić information content (AvgIpc) is 2.47. The first-order valence-electron chi connectivity index (χ1n) is 6.74. The number of rotatable bonds is 3. The van der Waals surface area contributed by atoms with Gasteiger partial charge in [-0.15, -0.1) is 0 Å². The molecule has 0 atom stereocenters. The predicted molar refractivity (Wildman–Crippen MR) is 75.2 cm³/mol. The zero-order valence-corrected chi connectivity index (χ0v) is 11.8. The quantitative estimate of drug-likeness (QED) is 0.783. The Balaban J connectivity index is 2.00. The van der Waals surface area contributed by atoms with E-state index in [1.54, 1.807) is 18.0 Å². The molecule has 0 aliphatic carbocycles. The van der Waals surface area contributed by atoms with E-state index in [4.69, 9.17) is 4.74 Å². The fraction of sp³-hybridized carbons (Fsp3) is 0.500. The maximum Gasteiger partial charge on any atom is 0.409 e. The van der Waals surface area contributed by atoms with E-state index < -0.39 is 0 Å². The standard InChI is InChI=1S/C14H19N3O3/c1-3-20-14(19)17-6-4-16(5-7-17)13-11(2)8-12(10-18)9-15-13/h8-10H,3-7H2,1-2H3. The first kappa shape index (κ1) is 14.3. The van der Waals surface area contributed by atoms with Gasteiger partial charge in [-0.1, -0.05) is 0 Å². The van der Waals surface area contributed by atoms with Gasteiger partial charge in [0.2, 0.25) is 0 Å². The Morgan fingerprint density at radius 1 is 1.40 bits per heavy atom. The van der Waals surface area contributed by atoms with Crippen molar-refractivity contribution in [2.75, 3.05) is 37.7 Å². The van der Waals surface area contributed by atoms with Gasteiger partial charge in [0.15, 0.2) is 6.29 Å². The number of carbonyl (C=O) groups is 2. The molecular formula is C14H19N3O3. The Bertz CT molecular complexity index is 496. The van der Waals surface area contributed by atoms with Crippen LogP contribution >= 0.6 is 0 Å². The van der Waals surface area contributed by atoms with Crippen LogP contribution < -0.4 is 4.90 Å². The smallest absolute Gasteiger partial charge is 0.409 e. The molecule has 0 spiro atoms. The minimum absolute atomic E-state index is 0.256. The number of aromatic nitrogens is 1. The molecule has 0 radical (unpaired) electrons. The second-order valence-corrected chi connectivity index (χ2v) is 4.70. The minimum atomic E-state index is -0.256. The van der Waals surface area contributed by atoms with Gasteiger partial charge in [-0.3, -0.25) is 4.79 Å². The van der Waals surface area contributed by atoms with E-state index in [0.717, 1.165) is 17.7 Å². The molecule has 1 aliphatic rings. The Hall–Kier alpha value is -2.11. The van der Waals surface area contributed by atoms with Crippen molar-refractivity contribution < 1.29 is 14.3 Å². The molecule has 1 amide bonds. The summed E-state index contributed by atoms with van der Waals surface area (Å²) in [7, 11) is 0. The lowest BCUT2D eigenvalue weighted by Crippen LogP contribution is -2.49. The fourth-order valence-corrected chi connectivity index (χ4v) is 2.30. The molecule has 1 saturated heterocycles. The van der Waals surface area contributed by atoms with Crippen LogP contribution in [0.2, 0.25) is 0 Å². The topological polar surface area (TPSA) is 62.7 Å². The third kappa shape index (κ3) is 3.07. The monoisotopic (exact) mass is 277 g/mol. The van der Waals surface area contributed by atoms with Crippen molar-refractivity contribution in [2.45, 2.75) is 13.8 Å². The Kier molecular flexibility index (Phi) is 4.55. The molecular weight excluding hydrogens is 258 g/mol. The molecule has 1 aromatic rings. The molecule has 0 saturated carbocycles. The molecule has 2 heterocycles. The summed E-state index contributed by atoms with van der Waals surface area (Å²) in [6, 6.07) is 1.83. The van der Waals surface area contributed by atoms with E-state index in [2.05, 4.69) is 9.88 Å². The number of aldehydes is 1. The summed E-state index contributed by atoms with van der Waals surface area (Å²) in [5.74, 6) is 0.874. The summed E-state index contributed by atoms with van der Waals surface area (Å²) in [4.78, 5) is 30.5. The van der Waals surface area contributed by atoms with Gasteiger partial charge in [0.05, 0.1) is 6.61 Å². The third-order valence-corrected chi connectivity index (χ3v) is 3.31. The van der Waals surface area contributed by atoms with Crippen molar-refractivity contribution in [3.8, 4) is 0 Å². The fourth-order valence-electron chi connectivity index (χ4n) is 2.30. The Labute approximate surface area is 118 Å². The second kappa shape index (κ2) is 6.36. The molecule has 0 N–H and O–H groups in total. The highest BCUT2D eigenvalue weighted by Gasteiger charge is 2.23. The number of nitrogens with zero attached hydrogens (tertiary/aromatic N) is 3. The van der Waals surface area contributed by atoms with Gasteiger partial charge in [-0.05, 0) is 25.5 Å². The van der Waals surface area contributed by atoms with Crippen molar-refractivity contribution in [3.05, 3.63) is 23.4 Å². The molecule has 1 aromatic heterocycles. The van der Waals surface area contributed by atoms with E-state index >= 15 is 0 Å². The number of amides is 1. The highest BCUT2D eigenvalue weighted by Crippen LogP contribution is 2.19. The molecule has 0 bridgehead atoms. The molecule has 0 unspecified atom stereocenters. The molecule has 20 heavy (non-hydrogen) atoms. The van der Waals surface area contributed by atoms with Crippen molar-refractivity contribution in [1.82, 2.24) is 9.88 Å². The zero-order valence-electron chi connectivity index (χ0n) is 11.8. The van der Waals surface area contributed by atoms with Crippen LogP contribution in [0, 0.1) is 6.92 Å². The number of hydrogen-bond acceptors (Lipinski definition) is 5. The predicted octanol–water partition coefficient (Wildman–Crippen LogP) is 1.48. The maximum atomic E-state index is 11.6. The van der Waals surface area contributed by atoms with Crippen molar-refractivity contribution in [2.24, 2.45) is 0 Å². The molecule has 108 valence electrons. The van der Waals surface area contributed by atoms with E-state index in [0.29, 0.717) is 38.3 Å². The van der Waals surface area contributed by atoms with Crippen LogP contribution in [0.15, 0.2) is 12.3 Å². The van der Waals surface area contributed by atoms with Gasteiger partial charge in [-0.25, -0.2) is 9.78 Å². The summed E-state index contributed by atoms with van der Waals surface area (Å²) >= 11 is 0. The van der Waals surface area contributed by atoms with E-state index in [-0.39, 0.29) is 6.09 Å². The van der Waals surface area contributed by atoms with Crippen molar-refractivity contribution in [3.63, 3.8) is 0 Å². The molecule has 6 heteroatoms. The van der Waals surface area contributed by atoms with Gasteiger partial charge in [-0.2, -0.15) is 0 Å². The van der Waals surface area contributed by atoms with Crippen LogP contribution in [0.1, 0.15) is 22.8 Å². The number of carbonyl (C=O) groups excluding carboxylic acids is 2. The maximum absolute atomic E-state index is 11.6. The summed E-state index contributed by atoms with van der Waals surface area (Å²) < 4.78 is 4.99. The zero-order chi connectivity index (χ0) is 14.5. The van der Waals surface area contributed by atoms with Gasteiger partial charge < -0.3 is 14.5 Å². The molecule has 0 aromatic carbocycles. The van der Waals surface area contributed by atoms with Crippen LogP contribution in [0.3, 0.4) is 0 Å². The van der Waals surface area contributed by atoms with Crippen LogP contribution in [0.4, 0.5) is 10.6 Å². The van der Waals surface area contributed by atoms with Crippen LogP contribution in [0.5, 0.6) is 0 Å². The second-order valence-electron chi connectivity index (χ2n) is 4.70. The average molecular weight is 277 g/mol. The van der Waals surface area contributed by atoms with Gasteiger partial charge in [0.1, 0.15) is 5.82 Å². The SMILES string of the molecule is CCOC(=O)N1CCN(c2ncc(C=O)cc2C)CC1. The first-order valence-corrected chi connectivity index (χ1v) is 6.74. The lowest BCUT2D eigenvalue weighted by molar-refractivity contribution is 0.105. The number of pyridine rings is 1. The molecule has 1 aliphatic heterocycles. The van der Waals surface area contributed by atoms with Crippen LogP contribution in [-0.4, -0.2) is 55.0 Å². The number of hydrogen-bond donors (Lipinski definition) is 0. The first-order chi connectivity index (χ1) is 9.65. The molecule has 2 rings (SSSR count). The van der Waals surface area contributed by atoms with Crippen LogP contribution in [0.25, 0.3) is 0 Å².